The minimum Gasteiger partial charge on any atom is -0.234 e. The summed E-state index contributed by atoms with van der Waals surface area (Å²) in [5.74, 6) is 0. The van der Waals surface area contributed by atoms with E-state index in [2.05, 4.69) is 127 Å². The standard InChI is InChI=1S/C5H3Br8O/c6-2(7)4(10,11)5(12,13)3(8,9)1-14/h2H,1H2. The van der Waals surface area contributed by atoms with E-state index in [1.807, 2.05) is 0 Å². The quantitative estimate of drug-likeness (QED) is 0.319. The fourth-order valence-electron chi connectivity index (χ4n) is 0.472. The van der Waals surface area contributed by atoms with Crippen LogP contribution in [0.1, 0.15) is 0 Å². The first-order valence-electron chi connectivity index (χ1n) is 3.00. The van der Waals surface area contributed by atoms with Gasteiger partial charge in [0, 0.05) is 0 Å². The van der Waals surface area contributed by atoms with Crippen molar-refractivity contribution in [1.29, 1.82) is 0 Å². The minimum absolute atomic E-state index is 0.109. The van der Waals surface area contributed by atoms with Gasteiger partial charge in [-0.2, -0.15) is 0 Å². The predicted octanol–water partition coefficient (Wildman–Crippen LogP) is 5.99. The summed E-state index contributed by atoms with van der Waals surface area (Å²) in [5, 5.41) is 11.0. The molecular weight excluding hydrogens is 715 g/mol. The van der Waals surface area contributed by atoms with Crippen LogP contribution in [-0.4, -0.2) is 20.0 Å². The Balaban J connectivity index is 5.14. The Hall–Kier alpha value is 3.80. The summed E-state index contributed by atoms with van der Waals surface area (Å²) in [4.78, 5) is 0. The van der Waals surface area contributed by atoms with Crippen LogP contribution in [0.3, 0.4) is 0 Å². The summed E-state index contributed by atoms with van der Waals surface area (Å²) >= 11 is 27.2. The molecule has 0 spiro atoms. The van der Waals surface area contributed by atoms with Gasteiger partial charge in [-0.15, -0.1) is 0 Å². The van der Waals surface area contributed by atoms with E-state index in [9.17, 15) is 5.11 Å². The highest BCUT2D eigenvalue weighted by Gasteiger charge is 2.59. The van der Waals surface area contributed by atoms with Gasteiger partial charge in [-0.05, 0) is 0 Å². The average Bonchev–Trinajstić information content (AvgIpc) is 2.03. The van der Waals surface area contributed by atoms with E-state index in [-0.39, 0.29) is 10.3 Å². The molecule has 0 rings (SSSR count). The van der Waals surface area contributed by atoms with Crippen LogP contribution in [0.4, 0.5) is 0 Å². The van der Waals surface area contributed by atoms with Crippen LogP contribution in [0.25, 0.3) is 0 Å². The fraction of sp³-hybridized carbons (Fsp3) is 1.00. The Morgan fingerprint density at radius 2 is 1.29 bits per heavy atom. The Morgan fingerprint density at radius 1 is 0.929 bits per heavy atom. The SMILES string of the molecule is [O]CC(Br)(Br)C(Br)(Br)C(Br)(Br)C(Br)Br. The number of hydrogen-bond acceptors (Lipinski definition) is 0. The second-order valence-corrected chi connectivity index (χ2v) is 16.2. The van der Waals surface area contributed by atoms with Crippen molar-refractivity contribution in [3.63, 3.8) is 0 Å². The van der Waals surface area contributed by atoms with Gasteiger partial charge in [0.1, 0.15) is 16.3 Å². The number of alkyl halides is 8. The molecule has 0 aliphatic carbocycles. The summed E-state index contributed by atoms with van der Waals surface area (Å²) < 4.78 is -2.33. The molecular formula is C5H3Br8O. The highest BCUT2D eigenvalue weighted by Crippen LogP contribution is 2.62. The van der Waals surface area contributed by atoms with Gasteiger partial charge < -0.3 is 0 Å². The molecule has 0 N–H and O–H groups in total. The lowest BCUT2D eigenvalue weighted by Crippen LogP contribution is -2.52. The highest BCUT2D eigenvalue weighted by atomic mass is 79.9. The van der Waals surface area contributed by atoms with Crippen molar-refractivity contribution < 1.29 is 5.11 Å². The van der Waals surface area contributed by atoms with Crippen molar-refractivity contribution in [1.82, 2.24) is 0 Å². The normalized spacial score (nSPS) is 15.0. The third-order valence-electron chi connectivity index (χ3n) is 1.33. The molecule has 14 heavy (non-hydrogen) atoms. The van der Waals surface area contributed by atoms with Crippen molar-refractivity contribution in [3.05, 3.63) is 0 Å². The summed E-state index contributed by atoms with van der Waals surface area (Å²) in [6, 6.07) is 0. The Kier molecular flexibility index (Phi) is 8.01. The molecule has 1 nitrogen and oxygen atoms in total. The molecule has 0 saturated heterocycles. The third kappa shape index (κ3) is 3.65. The topological polar surface area (TPSA) is 19.9 Å². The van der Waals surface area contributed by atoms with Crippen LogP contribution in [0.15, 0.2) is 0 Å². The van der Waals surface area contributed by atoms with Gasteiger partial charge >= 0.3 is 0 Å². The second-order valence-electron chi connectivity index (χ2n) is 2.35. The fourth-order valence-corrected chi connectivity index (χ4v) is 5.44. The molecule has 0 fully saturated rings. The molecule has 0 heterocycles. The molecule has 0 unspecified atom stereocenters. The van der Waals surface area contributed by atoms with Crippen molar-refractivity contribution in [2.75, 3.05) is 6.61 Å². The van der Waals surface area contributed by atoms with Gasteiger partial charge in [0.25, 0.3) is 0 Å². The maximum absolute atomic E-state index is 11.0. The first-order valence-corrected chi connectivity index (χ1v) is 9.59. The lowest BCUT2D eigenvalue weighted by Gasteiger charge is -2.42. The second kappa shape index (κ2) is 6.30. The maximum Gasteiger partial charge on any atom is 0.135 e. The zero-order chi connectivity index (χ0) is 11.8. The average molecular weight is 718 g/mol. The molecule has 0 aliphatic rings. The molecule has 0 saturated carbocycles. The zero-order valence-electron chi connectivity index (χ0n) is 6.22. The first kappa shape index (κ1) is 17.8. The smallest absolute Gasteiger partial charge is 0.135 e. The minimum atomic E-state index is -0.847. The zero-order valence-corrected chi connectivity index (χ0v) is 18.9. The van der Waals surface area contributed by atoms with E-state index in [4.69, 9.17) is 0 Å². The maximum atomic E-state index is 11.0. The van der Waals surface area contributed by atoms with Gasteiger partial charge in [-0.3, -0.25) is 0 Å². The molecule has 0 aromatic heterocycles. The summed E-state index contributed by atoms with van der Waals surface area (Å²) in [5.41, 5.74) is 0. The predicted molar refractivity (Wildman–Crippen MR) is 89.0 cm³/mol. The Morgan fingerprint density at radius 3 is 1.50 bits per heavy atom. The molecule has 0 atom stereocenters. The van der Waals surface area contributed by atoms with E-state index in [0.717, 1.165) is 0 Å². The van der Waals surface area contributed by atoms with Crippen LogP contribution in [-0.2, 0) is 5.11 Å². The monoisotopic (exact) mass is 710 g/mol. The van der Waals surface area contributed by atoms with Crippen LogP contribution in [0, 0.1) is 0 Å². The number of hydrogen-bond donors (Lipinski definition) is 0. The van der Waals surface area contributed by atoms with Crippen molar-refractivity contribution in [2.24, 2.45) is 0 Å². The van der Waals surface area contributed by atoms with Crippen molar-refractivity contribution in [2.45, 2.75) is 13.4 Å². The van der Waals surface area contributed by atoms with Gasteiger partial charge in [0.05, 0.1) is 3.74 Å². The summed E-state index contributed by atoms with van der Waals surface area (Å²) in [6.45, 7) is -0.366. The van der Waals surface area contributed by atoms with Crippen LogP contribution < -0.4 is 0 Å². The molecule has 0 aromatic rings. The van der Waals surface area contributed by atoms with E-state index >= 15 is 0 Å². The van der Waals surface area contributed by atoms with Crippen LogP contribution in [0.5, 0.6) is 0 Å². The summed E-state index contributed by atoms with van der Waals surface area (Å²) in [7, 11) is 0. The van der Waals surface area contributed by atoms with Crippen molar-refractivity contribution in [3.8, 4) is 0 Å². The Labute approximate surface area is 150 Å². The van der Waals surface area contributed by atoms with Crippen LogP contribution >= 0.6 is 127 Å². The first-order chi connectivity index (χ1) is 6.00. The molecule has 1 radical (unpaired) electrons. The van der Waals surface area contributed by atoms with Gasteiger partial charge in [-0.1, -0.05) is 127 Å². The third-order valence-corrected chi connectivity index (χ3v) is 15.8. The largest absolute Gasteiger partial charge is 0.234 e. The molecule has 85 valence electrons. The lowest BCUT2D eigenvalue weighted by molar-refractivity contribution is 0.186. The molecule has 0 aliphatic heterocycles. The van der Waals surface area contributed by atoms with Gasteiger partial charge in [0.15, 0.2) is 0 Å². The van der Waals surface area contributed by atoms with Crippen LogP contribution in [0.2, 0.25) is 0 Å². The van der Waals surface area contributed by atoms with Crippen molar-refractivity contribution >= 4 is 127 Å². The van der Waals surface area contributed by atoms with E-state index in [1.165, 1.54) is 0 Å². The molecule has 0 bridgehead atoms. The van der Waals surface area contributed by atoms with Gasteiger partial charge in [-0.25, -0.2) is 5.11 Å². The van der Waals surface area contributed by atoms with E-state index in [0.29, 0.717) is 0 Å². The molecule has 0 amide bonds. The molecule has 0 aromatic carbocycles. The molecule has 9 heteroatoms. The number of halogens is 8. The van der Waals surface area contributed by atoms with E-state index < -0.39 is 9.70 Å². The van der Waals surface area contributed by atoms with Gasteiger partial charge in [0.2, 0.25) is 0 Å². The Bertz CT molecular complexity index is 200. The lowest BCUT2D eigenvalue weighted by atomic mass is 10.2. The summed E-state index contributed by atoms with van der Waals surface area (Å²) in [6.07, 6.45) is 0. The number of rotatable bonds is 4. The van der Waals surface area contributed by atoms with E-state index in [1.54, 1.807) is 0 Å². The highest BCUT2D eigenvalue weighted by molar-refractivity contribution is 9.34.